The van der Waals surface area contributed by atoms with Crippen LogP contribution < -0.4 is 5.43 Å². The fourth-order valence-electron chi connectivity index (χ4n) is 0.724. The summed E-state index contributed by atoms with van der Waals surface area (Å²) < 4.78 is 0. The third-order valence-corrected chi connectivity index (χ3v) is 2.34. The predicted molar refractivity (Wildman–Crippen MR) is 46.3 cm³/mol. The molecule has 1 aliphatic rings. The van der Waals surface area contributed by atoms with Crippen molar-refractivity contribution in [3.05, 3.63) is 0 Å². The van der Waals surface area contributed by atoms with Gasteiger partial charge in [0.25, 0.3) is 0 Å². The highest BCUT2D eigenvalue weighted by molar-refractivity contribution is 8.14. The van der Waals surface area contributed by atoms with Crippen LogP contribution in [0.3, 0.4) is 0 Å². The fourth-order valence-corrected chi connectivity index (χ4v) is 1.69. The van der Waals surface area contributed by atoms with Crippen molar-refractivity contribution in [3.8, 4) is 0 Å². The van der Waals surface area contributed by atoms with Gasteiger partial charge in [-0.15, -0.1) is 5.10 Å². The summed E-state index contributed by atoms with van der Waals surface area (Å²) in [5.74, 6) is 0.924. The number of carbonyl (C=O) groups excluding carboxylic acids is 1. The van der Waals surface area contributed by atoms with Crippen LogP contribution in [0.2, 0.25) is 0 Å². The number of amides is 1. The SMILES string of the molecule is CC(=O)N/N=C1/SCCN1C. The standard InChI is InChI=1S/C6H11N3OS/c1-5(10)7-8-6-9(2)3-4-11-6/h3-4H2,1-2H3,(H,7,10)/b8-6+. The van der Waals surface area contributed by atoms with Crippen LogP contribution >= 0.6 is 11.8 Å². The molecule has 62 valence electrons. The van der Waals surface area contributed by atoms with E-state index in [4.69, 9.17) is 0 Å². The molecule has 4 nitrogen and oxygen atoms in total. The molecule has 1 aliphatic heterocycles. The van der Waals surface area contributed by atoms with Gasteiger partial charge >= 0.3 is 0 Å². The highest BCUT2D eigenvalue weighted by atomic mass is 32.2. The van der Waals surface area contributed by atoms with Gasteiger partial charge in [0, 0.05) is 26.3 Å². The van der Waals surface area contributed by atoms with Gasteiger partial charge in [0.15, 0.2) is 5.17 Å². The maximum Gasteiger partial charge on any atom is 0.237 e. The summed E-state index contributed by atoms with van der Waals surface area (Å²) in [7, 11) is 1.96. The number of nitrogens with one attached hydrogen (secondary N) is 1. The van der Waals surface area contributed by atoms with Gasteiger partial charge < -0.3 is 4.90 Å². The van der Waals surface area contributed by atoms with Gasteiger partial charge in [0.2, 0.25) is 5.91 Å². The van der Waals surface area contributed by atoms with Crippen molar-refractivity contribution in [3.63, 3.8) is 0 Å². The molecule has 0 atom stereocenters. The normalized spacial score (nSPS) is 20.9. The Labute approximate surface area is 70.0 Å². The quantitative estimate of drug-likeness (QED) is 0.571. The van der Waals surface area contributed by atoms with Crippen molar-refractivity contribution in [1.29, 1.82) is 0 Å². The Balaban J connectivity index is 2.45. The number of rotatable bonds is 1. The molecule has 0 radical (unpaired) electrons. The fraction of sp³-hybridized carbons (Fsp3) is 0.667. The molecule has 0 unspecified atom stereocenters. The van der Waals surface area contributed by atoms with Gasteiger partial charge in [0.1, 0.15) is 0 Å². The van der Waals surface area contributed by atoms with Crippen LogP contribution in [-0.4, -0.2) is 35.3 Å². The van der Waals surface area contributed by atoms with Gasteiger partial charge in [0.05, 0.1) is 0 Å². The van der Waals surface area contributed by atoms with Crippen LogP contribution in [0.15, 0.2) is 5.10 Å². The minimum atomic E-state index is -0.126. The molecule has 0 saturated carbocycles. The van der Waals surface area contributed by atoms with Gasteiger partial charge in [-0.05, 0) is 0 Å². The topological polar surface area (TPSA) is 44.7 Å². The molecular weight excluding hydrogens is 162 g/mol. The molecule has 0 aromatic heterocycles. The third kappa shape index (κ3) is 2.42. The molecule has 1 N–H and O–H groups in total. The van der Waals surface area contributed by atoms with Gasteiger partial charge in [-0.25, -0.2) is 5.43 Å². The zero-order valence-electron chi connectivity index (χ0n) is 6.63. The molecule has 5 heteroatoms. The summed E-state index contributed by atoms with van der Waals surface area (Å²) >= 11 is 1.65. The summed E-state index contributed by atoms with van der Waals surface area (Å²) in [5, 5.41) is 4.80. The molecule has 1 heterocycles. The zero-order chi connectivity index (χ0) is 8.27. The first-order chi connectivity index (χ1) is 5.20. The molecule has 0 aromatic rings. The third-order valence-electron chi connectivity index (χ3n) is 1.29. The van der Waals surface area contributed by atoms with E-state index in [-0.39, 0.29) is 5.91 Å². The number of hydrogen-bond acceptors (Lipinski definition) is 3. The van der Waals surface area contributed by atoms with Crippen LogP contribution in [0.4, 0.5) is 0 Å². The molecule has 0 spiro atoms. The number of thioether (sulfide) groups is 1. The van der Waals surface area contributed by atoms with E-state index in [9.17, 15) is 4.79 Å². The van der Waals surface area contributed by atoms with Crippen molar-refractivity contribution in [2.45, 2.75) is 6.92 Å². The highest BCUT2D eigenvalue weighted by Gasteiger charge is 2.14. The molecule has 0 aliphatic carbocycles. The molecule has 1 rings (SSSR count). The van der Waals surface area contributed by atoms with E-state index in [0.717, 1.165) is 17.5 Å². The van der Waals surface area contributed by atoms with E-state index in [1.165, 1.54) is 6.92 Å². The monoisotopic (exact) mass is 173 g/mol. The Bertz CT molecular complexity index is 192. The van der Waals surface area contributed by atoms with Crippen LogP contribution in [0, 0.1) is 0 Å². The molecule has 1 saturated heterocycles. The Hall–Kier alpha value is -0.710. The van der Waals surface area contributed by atoms with Crippen molar-refractivity contribution < 1.29 is 4.79 Å². The van der Waals surface area contributed by atoms with Crippen molar-refractivity contribution in [2.24, 2.45) is 5.10 Å². The van der Waals surface area contributed by atoms with Gasteiger partial charge in [-0.1, -0.05) is 11.8 Å². The molecule has 1 fully saturated rings. The molecule has 0 aromatic carbocycles. The minimum absolute atomic E-state index is 0.126. The van der Waals surface area contributed by atoms with E-state index in [0.29, 0.717) is 0 Å². The largest absolute Gasteiger partial charge is 0.352 e. The van der Waals surface area contributed by atoms with Crippen LogP contribution in [0.5, 0.6) is 0 Å². The summed E-state index contributed by atoms with van der Waals surface area (Å²) in [5.41, 5.74) is 2.40. The zero-order valence-corrected chi connectivity index (χ0v) is 7.44. The van der Waals surface area contributed by atoms with E-state index in [2.05, 4.69) is 10.5 Å². The first-order valence-corrected chi connectivity index (χ1v) is 4.37. The number of nitrogens with zero attached hydrogens (tertiary/aromatic N) is 2. The lowest BCUT2D eigenvalue weighted by molar-refractivity contribution is -0.118. The van der Waals surface area contributed by atoms with E-state index < -0.39 is 0 Å². The van der Waals surface area contributed by atoms with Crippen molar-refractivity contribution in [1.82, 2.24) is 10.3 Å². The second kappa shape index (κ2) is 3.61. The summed E-state index contributed by atoms with van der Waals surface area (Å²) in [6.07, 6.45) is 0. The van der Waals surface area contributed by atoms with Gasteiger partial charge in [-0.3, -0.25) is 4.79 Å². The highest BCUT2D eigenvalue weighted by Crippen LogP contribution is 2.14. The first-order valence-electron chi connectivity index (χ1n) is 3.38. The lowest BCUT2D eigenvalue weighted by Gasteiger charge is -2.08. The average molecular weight is 173 g/mol. The molecule has 1 amide bonds. The first kappa shape index (κ1) is 8.39. The van der Waals surface area contributed by atoms with Crippen LogP contribution in [0.1, 0.15) is 6.92 Å². The lowest BCUT2D eigenvalue weighted by atomic mass is 10.7. The summed E-state index contributed by atoms with van der Waals surface area (Å²) in [6, 6.07) is 0. The minimum Gasteiger partial charge on any atom is -0.352 e. The van der Waals surface area contributed by atoms with E-state index in [1.54, 1.807) is 11.8 Å². The Kier molecular flexibility index (Phi) is 2.76. The summed E-state index contributed by atoms with van der Waals surface area (Å²) in [6.45, 7) is 2.45. The maximum atomic E-state index is 10.5. The number of amidine groups is 1. The molecule has 11 heavy (non-hydrogen) atoms. The second-order valence-corrected chi connectivity index (χ2v) is 3.39. The van der Waals surface area contributed by atoms with Crippen molar-refractivity contribution in [2.75, 3.05) is 19.3 Å². The molecular formula is C6H11N3OS. The van der Waals surface area contributed by atoms with Crippen LogP contribution in [0.25, 0.3) is 0 Å². The molecule has 0 bridgehead atoms. The van der Waals surface area contributed by atoms with E-state index in [1.807, 2.05) is 11.9 Å². The Morgan fingerprint density at radius 1 is 1.82 bits per heavy atom. The lowest BCUT2D eigenvalue weighted by Crippen LogP contribution is -2.23. The number of hydrogen-bond donors (Lipinski definition) is 1. The average Bonchev–Trinajstić information content (AvgIpc) is 2.31. The smallest absolute Gasteiger partial charge is 0.237 e. The Morgan fingerprint density at radius 3 is 3.00 bits per heavy atom. The van der Waals surface area contributed by atoms with Gasteiger partial charge in [-0.2, -0.15) is 0 Å². The summed E-state index contributed by atoms with van der Waals surface area (Å²) in [4.78, 5) is 12.5. The number of carbonyl (C=O) groups is 1. The van der Waals surface area contributed by atoms with Crippen molar-refractivity contribution >= 4 is 22.8 Å². The number of hydrazone groups is 1. The second-order valence-electron chi connectivity index (χ2n) is 2.33. The van der Waals surface area contributed by atoms with Crippen LogP contribution in [-0.2, 0) is 4.79 Å². The Morgan fingerprint density at radius 2 is 2.55 bits per heavy atom. The van der Waals surface area contributed by atoms with E-state index >= 15 is 0 Å². The maximum absolute atomic E-state index is 10.5. The predicted octanol–water partition coefficient (Wildman–Crippen LogP) is 0.0721.